The molecule has 0 aliphatic carbocycles. The number of hydrogen-bond donors (Lipinski definition) is 1. The highest BCUT2D eigenvalue weighted by atomic mass is 16.5. The normalized spacial score (nSPS) is 22.3. The van der Waals surface area contributed by atoms with Crippen molar-refractivity contribution in [1.29, 1.82) is 0 Å². The molecule has 1 atom stereocenters. The van der Waals surface area contributed by atoms with Gasteiger partial charge in [0, 0.05) is 12.1 Å². The number of morpholine rings is 1. The molecular formula is C16H25NO2. The lowest BCUT2D eigenvalue weighted by Gasteiger charge is -2.40. The highest BCUT2D eigenvalue weighted by Crippen LogP contribution is 2.20. The summed E-state index contributed by atoms with van der Waals surface area (Å²) in [7, 11) is 0. The lowest BCUT2D eigenvalue weighted by atomic mass is 9.92. The summed E-state index contributed by atoms with van der Waals surface area (Å²) in [5, 5.41) is 3.63. The van der Waals surface area contributed by atoms with Crippen molar-refractivity contribution in [3.63, 3.8) is 0 Å². The summed E-state index contributed by atoms with van der Waals surface area (Å²) >= 11 is 0. The van der Waals surface area contributed by atoms with Gasteiger partial charge < -0.3 is 14.8 Å². The minimum absolute atomic E-state index is 0.176. The monoisotopic (exact) mass is 263 g/mol. The maximum Gasteiger partial charge on any atom is 0.0933 e. The smallest absolute Gasteiger partial charge is 0.0933 e. The zero-order valence-electron chi connectivity index (χ0n) is 12.0. The summed E-state index contributed by atoms with van der Waals surface area (Å²) in [5.74, 6) is 0. The van der Waals surface area contributed by atoms with E-state index in [9.17, 15) is 0 Å². The molecule has 19 heavy (non-hydrogen) atoms. The number of nitrogens with one attached hydrogen (secondary N) is 1. The van der Waals surface area contributed by atoms with Crippen LogP contribution in [0.1, 0.15) is 32.3 Å². The molecule has 0 amide bonds. The van der Waals surface area contributed by atoms with Gasteiger partial charge in [0.25, 0.3) is 0 Å². The van der Waals surface area contributed by atoms with Crippen LogP contribution in [0.3, 0.4) is 0 Å². The van der Waals surface area contributed by atoms with Gasteiger partial charge >= 0.3 is 0 Å². The number of benzene rings is 1. The molecule has 1 aromatic rings. The van der Waals surface area contributed by atoms with Crippen LogP contribution in [-0.4, -0.2) is 31.4 Å². The highest BCUT2D eigenvalue weighted by molar-refractivity contribution is 5.13. The standard InChI is InChI=1S/C16H25NO2/c1-3-16(4-2)13-19-15(10-17-16)12-18-11-14-8-6-5-7-9-14/h5-9,15,17H,3-4,10-13H2,1-2H3. The third kappa shape index (κ3) is 4.03. The van der Waals surface area contributed by atoms with Crippen LogP contribution in [-0.2, 0) is 16.1 Å². The van der Waals surface area contributed by atoms with Gasteiger partial charge in [0.1, 0.15) is 0 Å². The van der Waals surface area contributed by atoms with Crippen LogP contribution in [0.5, 0.6) is 0 Å². The maximum atomic E-state index is 5.93. The van der Waals surface area contributed by atoms with E-state index in [-0.39, 0.29) is 11.6 Å². The van der Waals surface area contributed by atoms with Crippen LogP contribution in [0.15, 0.2) is 30.3 Å². The zero-order valence-corrected chi connectivity index (χ0v) is 12.0. The average Bonchev–Trinajstić information content (AvgIpc) is 2.49. The number of rotatable bonds is 6. The van der Waals surface area contributed by atoms with Crippen LogP contribution in [0.2, 0.25) is 0 Å². The Bertz CT molecular complexity index is 352. The lowest BCUT2D eigenvalue weighted by Crippen LogP contribution is -2.57. The molecule has 3 heteroatoms. The fraction of sp³-hybridized carbons (Fsp3) is 0.625. The Morgan fingerprint density at radius 2 is 2.00 bits per heavy atom. The summed E-state index contributed by atoms with van der Waals surface area (Å²) < 4.78 is 11.7. The number of ether oxygens (including phenoxy) is 2. The fourth-order valence-electron chi connectivity index (χ4n) is 2.41. The third-order valence-corrected chi connectivity index (χ3v) is 4.07. The van der Waals surface area contributed by atoms with E-state index in [0.717, 1.165) is 26.0 Å². The molecule has 1 aliphatic heterocycles. The minimum Gasteiger partial charge on any atom is -0.374 e. The quantitative estimate of drug-likeness (QED) is 0.856. The van der Waals surface area contributed by atoms with Gasteiger partial charge in [-0.3, -0.25) is 0 Å². The van der Waals surface area contributed by atoms with Gasteiger partial charge in [0.05, 0.1) is 25.9 Å². The predicted molar refractivity (Wildman–Crippen MR) is 77.2 cm³/mol. The van der Waals surface area contributed by atoms with Gasteiger partial charge in [-0.15, -0.1) is 0 Å². The van der Waals surface area contributed by atoms with Crippen molar-refractivity contribution in [2.24, 2.45) is 0 Å². The molecular weight excluding hydrogens is 238 g/mol. The molecule has 1 heterocycles. The third-order valence-electron chi connectivity index (χ3n) is 4.07. The second-order valence-electron chi connectivity index (χ2n) is 5.30. The Hall–Kier alpha value is -0.900. The van der Waals surface area contributed by atoms with Gasteiger partial charge in [-0.05, 0) is 18.4 Å². The molecule has 0 radical (unpaired) electrons. The van der Waals surface area contributed by atoms with Crippen molar-refractivity contribution in [3.8, 4) is 0 Å². The van der Waals surface area contributed by atoms with Crippen LogP contribution in [0, 0.1) is 0 Å². The molecule has 2 rings (SSSR count). The predicted octanol–water partition coefficient (Wildman–Crippen LogP) is 2.75. The van der Waals surface area contributed by atoms with E-state index < -0.39 is 0 Å². The van der Waals surface area contributed by atoms with Crippen molar-refractivity contribution >= 4 is 0 Å². The fourth-order valence-corrected chi connectivity index (χ4v) is 2.41. The Kier molecular flexibility index (Phi) is 5.37. The van der Waals surface area contributed by atoms with Gasteiger partial charge in [0.2, 0.25) is 0 Å². The number of hydrogen-bond acceptors (Lipinski definition) is 3. The molecule has 106 valence electrons. The van der Waals surface area contributed by atoms with E-state index >= 15 is 0 Å². The average molecular weight is 263 g/mol. The first-order chi connectivity index (χ1) is 9.28. The molecule has 1 fully saturated rings. The van der Waals surface area contributed by atoms with E-state index in [1.807, 2.05) is 18.2 Å². The zero-order chi connectivity index (χ0) is 13.6. The van der Waals surface area contributed by atoms with Crippen LogP contribution >= 0.6 is 0 Å². The van der Waals surface area contributed by atoms with E-state index in [1.165, 1.54) is 5.56 Å². The van der Waals surface area contributed by atoms with Gasteiger partial charge in [-0.1, -0.05) is 44.2 Å². The van der Waals surface area contributed by atoms with Crippen molar-refractivity contribution in [1.82, 2.24) is 5.32 Å². The van der Waals surface area contributed by atoms with Crippen molar-refractivity contribution in [3.05, 3.63) is 35.9 Å². The lowest BCUT2D eigenvalue weighted by molar-refractivity contribution is -0.0754. The SMILES string of the molecule is CCC1(CC)COC(COCc2ccccc2)CN1. The van der Waals surface area contributed by atoms with Crippen LogP contribution in [0.4, 0.5) is 0 Å². The van der Waals surface area contributed by atoms with Gasteiger partial charge in [-0.25, -0.2) is 0 Å². The molecule has 0 bridgehead atoms. The van der Waals surface area contributed by atoms with E-state index in [2.05, 4.69) is 31.3 Å². The Morgan fingerprint density at radius 3 is 2.58 bits per heavy atom. The van der Waals surface area contributed by atoms with E-state index in [1.54, 1.807) is 0 Å². The van der Waals surface area contributed by atoms with Crippen LogP contribution < -0.4 is 5.32 Å². The first-order valence-electron chi connectivity index (χ1n) is 7.26. The molecule has 0 saturated carbocycles. The molecule has 1 unspecified atom stereocenters. The molecule has 1 saturated heterocycles. The van der Waals surface area contributed by atoms with Crippen molar-refractivity contribution in [2.75, 3.05) is 19.8 Å². The molecule has 3 nitrogen and oxygen atoms in total. The first-order valence-corrected chi connectivity index (χ1v) is 7.26. The first kappa shape index (κ1) is 14.5. The minimum atomic E-state index is 0.176. The van der Waals surface area contributed by atoms with E-state index in [0.29, 0.717) is 13.2 Å². The molecule has 1 aromatic carbocycles. The largest absolute Gasteiger partial charge is 0.374 e. The maximum absolute atomic E-state index is 5.93. The second-order valence-corrected chi connectivity index (χ2v) is 5.30. The molecule has 0 spiro atoms. The topological polar surface area (TPSA) is 30.5 Å². The van der Waals surface area contributed by atoms with E-state index in [4.69, 9.17) is 9.47 Å². The molecule has 1 N–H and O–H groups in total. The van der Waals surface area contributed by atoms with Gasteiger partial charge in [0.15, 0.2) is 0 Å². The Morgan fingerprint density at radius 1 is 1.26 bits per heavy atom. The summed E-state index contributed by atoms with van der Waals surface area (Å²) in [6, 6.07) is 10.3. The van der Waals surface area contributed by atoms with Crippen molar-refractivity contribution < 1.29 is 9.47 Å². The van der Waals surface area contributed by atoms with Crippen LogP contribution in [0.25, 0.3) is 0 Å². The van der Waals surface area contributed by atoms with Gasteiger partial charge in [-0.2, -0.15) is 0 Å². The highest BCUT2D eigenvalue weighted by Gasteiger charge is 2.32. The Balaban J connectivity index is 1.69. The molecule has 0 aromatic heterocycles. The summed E-state index contributed by atoms with van der Waals surface area (Å²) in [6.07, 6.45) is 2.40. The molecule has 1 aliphatic rings. The summed E-state index contributed by atoms with van der Waals surface area (Å²) in [4.78, 5) is 0. The van der Waals surface area contributed by atoms with Crippen molar-refractivity contribution in [2.45, 2.75) is 44.9 Å². The second kappa shape index (κ2) is 7.04. The summed E-state index contributed by atoms with van der Waals surface area (Å²) in [6.45, 7) is 7.42. The summed E-state index contributed by atoms with van der Waals surface area (Å²) in [5.41, 5.74) is 1.39. The Labute approximate surface area is 116 Å².